The minimum Gasteiger partial charge on any atom is -0.476 e. The first kappa shape index (κ1) is 22.3. The van der Waals surface area contributed by atoms with Gasteiger partial charge in [0.2, 0.25) is 5.91 Å². The lowest BCUT2D eigenvalue weighted by molar-refractivity contribution is -0.130. The zero-order valence-corrected chi connectivity index (χ0v) is 18.6. The van der Waals surface area contributed by atoms with E-state index in [4.69, 9.17) is 5.11 Å². The van der Waals surface area contributed by atoms with Crippen LogP contribution in [-0.2, 0) is 4.79 Å². The van der Waals surface area contributed by atoms with Gasteiger partial charge in [-0.2, -0.15) is 0 Å². The summed E-state index contributed by atoms with van der Waals surface area (Å²) in [7, 11) is 0. The smallest absolute Gasteiger partial charge is 0.355 e. The van der Waals surface area contributed by atoms with Crippen molar-refractivity contribution in [2.75, 3.05) is 12.3 Å². The number of nitrogens with zero attached hydrogens (tertiary/aromatic N) is 2. The van der Waals surface area contributed by atoms with E-state index in [-0.39, 0.29) is 23.6 Å². The quantitative estimate of drug-likeness (QED) is 0.380. The van der Waals surface area contributed by atoms with Crippen molar-refractivity contribution in [3.05, 3.63) is 23.2 Å². The van der Waals surface area contributed by atoms with Crippen LogP contribution in [0.1, 0.15) is 56.4 Å². The summed E-state index contributed by atoms with van der Waals surface area (Å²) in [6.45, 7) is 4.97. The molecule has 6 nitrogen and oxygen atoms in total. The van der Waals surface area contributed by atoms with Crippen molar-refractivity contribution in [3.8, 4) is 0 Å². The van der Waals surface area contributed by atoms with Crippen molar-refractivity contribution < 1.29 is 19.8 Å². The van der Waals surface area contributed by atoms with Gasteiger partial charge < -0.3 is 15.1 Å². The summed E-state index contributed by atoms with van der Waals surface area (Å²) in [6.07, 6.45) is 8.66. The maximum Gasteiger partial charge on any atom is 0.355 e. The molecular formula is C21H30N2O4S2. The molecule has 1 amide bonds. The van der Waals surface area contributed by atoms with Crippen molar-refractivity contribution in [2.24, 2.45) is 17.8 Å². The van der Waals surface area contributed by atoms with Crippen LogP contribution >= 0.6 is 23.1 Å². The third kappa shape index (κ3) is 5.83. The topological polar surface area (TPSA) is 90.7 Å². The van der Waals surface area contributed by atoms with Crippen LogP contribution in [0.4, 0.5) is 0 Å². The number of thioether (sulfide) groups is 1. The number of fused-ring (bicyclic) bond motifs is 1. The Labute approximate surface area is 180 Å². The maximum absolute atomic E-state index is 12.6. The number of piperidine rings is 1. The summed E-state index contributed by atoms with van der Waals surface area (Å²) in [4.78, 5) is 29.5. The number of hydrogen-bond donors (Lipinski definition) is 2. The van der Waals surface area contributed by atoms with Gasteiger partial charge in [-0.1, -0.05) is 57.0 Å². The minimum atomic E-state index is -1.02. The Bertz CT molecular complexity index is 751. The molecule has 0 unspecified atom stereocenters. The Kier molecular flexibility index (Phi) is 7.76. The molecule has 1 aromatic rings. The van der Waals surface area contributed by atoms with E-state index >= 15 is 0 Å². The molecule has 8 heteroatoms. The average Bonchev–Trinajstić information content (AvgIpc) is 3.24. The molecule has 1 aromatic heterocycles. The second-order valence-electron chi connectivity index (χ2n) is 8.12. The van der Waals surface area contributed by atoms with E-state index in [0.29, 0.717) is 28.5 Å². The average molecular weight is 439 g/mol. The minimum absolute atomic E-state index is 0.0685. The highest BCUT2D eigenvalue weighted by molar-refractivity contribution is 8.01. The van der Waals surface area contributed by atoms with E-state index in [1.54, 1.807) is 0 Å². The second kappa shape index (κ2) is 10.1. The molecular weight excluding hydrogens is 408 g/mol. The molecule has 2 aliphatic rings. The summed E-state index contributed by atoms with van der Waals surface area (Å²) in [5.41, 5.74) is 0.0685. The summed E-state index contributed by atoms with van der Waals surface area (Å²) in [5, 5.41) is 20.8. The number of unbranched alkanes of at least 4 members (excludes halogenated alkanes) is 1. The van der Waals surface area contributed by atoms with Crippen LogP contribution in [0, 0.1) is 17.8 Å². The molecule has 2 heterocycles. The zero-order chi connectivity index (χ0) is 21.0. The van der Waals surface area contributed by atoms with Crippen LogP contribution in [0.5, 0.6) is 0 Å². The number of likely N-dealkylation sites (tertiary alicyclic amines) is 1. The second-order valence-corrected chi connectivity index (χ2v) is 10.3. The van der Waals surface area contributed by atoms with Gasteiger partial charge in [-0.3, -0.25) is 4.79 Å². The SMILES string of the molecule is CCCC[C@H](C)C[C@H](O)C=C[C@H]1[C@@H]2C[C@@H]2C(=O)N1CCSc1nc(C(=O)O)cs1. The normalized spacial score (nSPS) is 25.4. The van der Waals surface area contributed by atoms with Crippen LogP contribution in [0.25, 0.3) is 0 Å². The molecule has 1 saturated carbocycles. The van der Waals surface area contributed by atoms with Gasteiger partial charge in [-0.15, -0.1) is 11.3 Å². The van der Waals surface area contributed by atoms with Gasteiger partial charge in [0, 0.05) is 23.6 Å². The van der Waals surface area contributed by atoms with Gasteiger partial charge in [0.15, 0.2) is 10.0 Å². The van der Waals surface area contributed by atoms with Gasteiger partial charge in [0.1, 0.15) is 0 Å². The molecule has 29 heavy (non-hydrogen) atoms. The van der Waals surface area contributed by atoms with Crippen LogP contribution in [0.3, 0.4) is 0 Å². The molecule has 1 saturated heterocycles. The predicted molar refractivity (Wildman–Crippen MR) is 115 cm³/mol. The van der Waals surface area contributed by atoms with Gasteiger partial charge in [0.05, 0.1) is 12.1 Å². The van der Waals surface area contributed by atoms with Crippen molar-refractivity contribution in [3.63, 3.8) is 0 Å². The van der Waals surface area contributed by atoms with E-state index < -0.39 is 12.1 Å². The number of aromatic nitrogens is 1. The van der Waals surface area contributed by atoms with E-state index in [0.717, 1.165) is 19.3 Å². The number of aliphatic hydroxyl groups excluding tert-OH is 1. The van der Waals surface area contributed by atoms with Gasteiger partial charge in [-0.05, 0) is 24.7 Å². The van der Waals surface area contributed by atoms with E-state index in [2.05, 4.69) is 18.8 Å². The summed E-state index contributed by atoms with van der Waals surface area (Å²) in [5.74, 6) is 0.895. The number of aromatic carboxylic acids is 1. The third-order valence-corrected chi connectivity index (χ3v) is 7.72. The highest BCUT2D eigenvalue weighted by Gasteiger charge is 2.57. The highest BCUT2D eigenvalue weighted by atomic mass is 32.2. The van der Waals surface area contributed by atoms with Crippen LogP contribution in [0.2, 0.25) is 0 Å². The molecule has 0 bridgehead atoms. The van der Waals surface area contributed by atoms with Crippen molar-refractivity contribution in [1.29, 1.82) is 0 Å². The first-order valence-corrected chi connectivity index (χ1v) is 12.3. The van der Waals surface area contributed by atoms with E-state index in [1.807, 2.05) is 17.1 Å². The van der Waals surface area contributed by atoms with E-state index in [9.17, 15) is 14.7 Å². The first-order valence-electron chi connectivity index (χ1n) is 10.4. The van der Waals surface area contributed by atoms with Crippen molar-refractivity contribution >= 4 is 35.0 Å². The summed E-state index contributed by atoms with van der Waals surface area (Å²) >= 11 is 2.80. The molecule has 1 aliphatic heterocycles. The fourth-order valence-corrected chi connectivity index (χ4v) is 5.84. The number of carbonyl (C=O) groups is 2. The molecule has 2 N–H and O–H groups in total. The molecule has 2 fully saturated rings. The zero-order valence-electron chi connectivity index (χ0n) is 17.0. The van der Waals surface area contributed by atoms with Gasteiger partial charge >= 0.3 is 5.97 Å². The maximum atomic E-state index is 12.6. The number of hydrogen-bond acceptors (Lipinski definition) is 6. The van der Waals surface area contributed by atoms with Crippen LogP contribution < -0.4 is 0 Å². The number of amides is 1. The monoisotopic (exact) mass is 438 g/mol. The van der Waals surface area contributed by atoms with Crippen LogP contribution in [-0.4, -0.2) is 56.4 Å². The van der Waals surface area contributed by atoms with Crippen molar-refractivity contribution in [2.45, 2.75) is 62.4 Å². The predicted octanol–water partition coefficient (Wildman–Crippen LogP) is 3.91. The lowest BCUT2D eigenvalue weighted by atomic mass is 9.97. The molecule has 0 spiro atoms. The molecule has 160 valence electrons. The third-order valence-electron chi connectivity index (χ3n) is 5.72. The van der Waals surface area contributed by atoms with E-state index in [1.165, 1.54) is 41.3 Å². The Hall–Kier alpha value is -1.38. The summed E-state index contributed by atoms with van der Waals surface area (Å²) < 4.78 is 0.711. The number of carboxylic acid groups (broad SMARTS) is 1. The molecule has 1 aliphatic carbocycles. The lowest BCUT2D eigenvalue weighted by Crippen LogP contribution is -2.37. The Morgan fingerprint density at radius 2 is 2.31 bits per heavy atom. The molecule has 5 atom stereocenters. The van der Waals surface area contributed by atoms with Gasteiger partial charge in [0.25, 0.3) is 0 Å². The Balaban J connectivity index is 1.50. The summed E-state index contributed by atoms with van der Waals surface area (Å²) in [6, 6.07) is 0.0690. The number of aliphatic hydroxyl groups is 1. The number of thiazole rings is 1. The number of carbonyl (C=O) groups excluding carboxylic acids is 1. The van der Waals surface area contributed by atoms with Crippen molar-refractivity contribution in [1.82, 2.24) is 9.88 Å². The Morgan fingerprint density at radius 1 is 1.52 bits per heavy atom. The highest BCUT2D eigenvalue weighted by Crippen LogP contribution is 2.51. The largest absolute Gasteiger partial charge is 0.476 e. The number of carboxylic acids is 1. The fraction of sp³-hybridized carbons (Fsp3) is 0.667. The molecule has 3 rings (SSSR count). The number of rotatable bonds is 12. The van der Waals surface area contributed by atoms with Gasteiger partial charge in [-0.25, -0.2) is 9.78 Å². The standard InChI is InChI=1S/C21H30N2O4S2/c1-3-4-5-13(2)10-14(24)6-7-18-15-11-16(15)19(25)23(18)8-9-28-21-22-17(12-29-21)20(26)27/h6-7,12-16,18,24H,3-5,8-11H2,1-2H3,(H,26,27)/t13-,14+,15+,16-,18-/m0/s1. The fourth-order valence-electron chi connectivity index (χ4n) is 4.03. The first-order chi connectivity index (χ1) is 13.9. The van der Waals surface area contributed by atoms with Crippen LogP contribution in [0.15, 0.2) is 21.9 Å². The molecule has 0 aromatic carbocycles. The Morgan fingerprint density at radius 3 is 3.00 bits per heavy atom. The molecule has 0 radical (unpaired) electrons. The lowest BCUT2D eigenvalue weighted by Gasteiger charge is -2.25.